The second-order valence-corrected chi connectivity index (χ2v) is 29.5. The molecule has 0 saturated heterocycles. The van der Waals surface area contributed by atoms with Crippen LogP contribution >= 0.6 is 23.5 Å². The summed E-state index contributed by atoms with van der Waals surface area (Å²) >= 11 is 3.02. The first-order valence-electron chi connectivity index (χ1n) is 17.5. The number of thioether (sulfide) groups is 2. The van der Waals surface area contributed by atoms with Gasteiger partial charge in [0.1, 0.15) is 25.2 Å². The van der Waals surface area contributed by atoms with Crippen LogP contribution in [0.3, 0.4) is 0 Å². The number of aryl methyl sites for hydroxylation is 4. The van der Waals surface area contributed by atoms with E-state index in [0.717, 1.165) is 70.6 Å². The first-order valence-corrected chi connectivity index (χ1v) is 28.5. The van der Waals surface area contributed by atoms with Crippen molar-refractivity contribution in [3.05, 3.63) is 119 Å². The minimum absolute atomic E-state index is 0.655. The van der Waals surface area contributed by atoms with E-state index in [1.807, 2.05) is 0 Å². The van der Waals surface area contributed by atoms with Crippen LogP contribution in [-0.2, 0) is 59.0 Å². The van der Waals surface area contributed by atoms with Gasteiger partial charge in [-0.2, -0.15) is 35.5 Å². The maximum absolute atomic E-state index is 13.0. The van der Waals surface area contributed by atoms with E-state index < -0.39 is 48.7 Å². The second kappa shape index (κ2) is 17.6. The Morgan fingerprint density at radius 3 is 1.13 bits per heavy atom. The normalized spacial score (nSPS) is 13.1. The molecule has 0 atom stereocenters. The predicted octanol–water partition coefficient (Wildman–Crippen LogP) is 10.9. The van der Waals surface area contributed by atoms with Crippen molar-refractivity contribution >= 4 is 48.7 Å². The Hall–Kier alpha value is -2.41. The average molecular weight is 829 g/mol. The number of benzene rings is 2. The van der Waals surface area contributed by atoms with Gasteiger partial charge >= 0.3 is 20.9 Å². The fourth-order valence-corrected chi connectivity index (χ4v) is 21.7. The molecule has 0 aliphatic heterocycles. The van der Waals surface area contributed by atoms with E-state index in [0.29, 0.717) is 11.5 Å². The van der Waals surface area contributed by atoms with Gasteiger partial charge in [0.15, 0.2) is 29.0 Å². The number of pyridine rings is 2. The molecule has 2 aromatic carbocycles. The number of hydrogen-bond donors (Lipinski definition) is 0. The van der Waals surface area contributed by atoms with Gasteiger partial charge in [-0.25, -0.2) is 0 Å². The summed E-state index contributed by atoms with van der Waals surface area (Å²) in [5.74, 6) is 1.33. The lowest BCUT2D eigenvalue weighted by molar-refractivity contribution is -0.709. The molecule has 0 spiro atoms. The van der Waals surface area contributed by atoms with E-state index in [1.165, 1.54) is 55.9 Å². The molecule has 4 rings (SSSR count). The fourth-order valence-electron chi connectivity index (χ4n) is 6.09. The van der Waals surface area contributed by atoms with Crippen LogP contribution in [0.1, 0.15) is 33.4 Å². The quantitative estimate of drug-likeness (QED) is 0.0486. The van der Waals surface area contributed by atoms with Crippen molar-refractivity contribution in [3.8, 4) is 0 Å². The average Bonchev–Trinajstić information content (AvgIpc) is 3.04. The Balaban J connectivity index is 1.21. The molecular weight excluding hydrogens is 779 g/mol. The number of halogens is 6. The minimum Gasteiger partial charge on any atom is -0.436 e. The largest absolute Gasteiger partial charge is 0.436 e. The zero-order chi connectivity index (χ0) is 39.2. The van der Waals surface area contributed by atoms with Gasteiger partial charge in [0.25, 0.3) is 0 Å². The molecule has 15 heteroatoms. The Kier molecular flexibility index (Phi) is 14.4. The van der Waals surface area contributed by atoms with Crippen molar-refractivity contribution in [1.82, 2.24) is 0 Å². The van der Waals surface area contributed by atoms with Crippen LogP contribution in [0.5, 0.6) is 0 Å². The molecule has 0 N–H and O–H groups in total. The number of alkyl halides is 6. The number of aromatic nitrogens is 2. The highest BCUT2D eigenvalue weighted by atomic mass is 32.2. The van der Waals surface area contributed by atoms with Gasteiger partial charge in [0.05, 0.1) is 0 Å². The van der Waals surface area contributed by atoms with E-state index in [9.17, 15) is 26.3 Å². The molecule has 53 heavy (non-hydrogen) atoms. The van der Waals surface area contributed by atoms with Crippen LogP contribution in [0.25, 0.3) is 0 Å². The van der Waals surface area contributed by atoms with E-state index in [2.05, 4.69) is 87.8 Å². The molecule has 0 aliphatic rings. The molecule has 2 aromatic heterocycles. The van der Waals surface area contributed by atoms with Gasteiger partial charge in [0, 0.05) is 23.6 Å². The molecule has 0 amide bonds. The van der Waals surface area contributed by atoms with Gasteiger partial charge in [-0.3, -0.25) is 0 Å². The molecule has 4 aromatic rings. The van der Waals surface area contributed by atoms with Crippen molar-refractivity contribution in [2.45, 2.75) is 98.1 Å². The fraction of sp³-hybridized carbons (Fsp3) is 0.421. The van der Waals surface area contributed by atoms with Crippen LogP contribution in [0.2, 0.25) is 51.4 Å². The SMILES string of the molecule is C[n+]1cc(C(F)(F)F)ccc1SCc1ccc(CC[Si](C)(C)O[Si](C)(C)O[Si](C)(C)CCc2ccc(CSc3ccc(C(F)(F)F)c[n+]3C)cc2)cc1. The minimum atomic E-state index is -4.35. The molecule has 4 nitrogen and oxygen atoms in total. The summed E-state index contributed by atoms with van der Waals surface area (Å²) < 4.78 is 94.7. The number of rotatable bonds is 16. The van der Waals surface area contributed by atoms with Crippen LogP contribution in [-0.4, -0.2) is 25.2 Å². The molecule has 2 heterocycles. The maximum Gasteiger partial charge on any atom is 0.422 e. The summed E-state index contributed by atoms with van der Waals surface area (Å²) in [7, 11) is -3.22. The second-order valence-electron chi connectivity index (χ2n) is 15.1. The highest BCUT2D eigenvalue weighted by molar-refractivity contribution is 7.98. The van der Waals surface area contributed by atoms with Gasteiger partial charge in [-0.1, -0.05) is 72.1 Å². The molecule has 288 valence electrons. The topological polar surface area (TPSA) is 26.2 Å². The van der Waals surface area contributed by atoms with Gasteiger partial charge in [-0.05, 0) is 98.6 Å². The van der Waals surface area contributed by atoms with Gasteiger partial charge < -0.3 is 8.23 Å². The van der Waals surface area contributed by atoms with E-state index in [4.69, 9.17) is 8.23 Å². The Bertz CT molecular complexity index is 1690. The maximum atomic E-state index is 13.0. The first kappa shape index (κ1) is 43.3. The zero-order valence-corrected chi connectivity index (χ0v) is 36.3. The highest BCUT2D eigenvalue weighted by Gasteiger charge is 2.39. The summed E-state index contributed by atoms with van der Waals surface area (Å²) in [6, 6.07) is 24.1. The lowest BCUT2D eigenvalue weighted by Crippen LogP contribution is -2.52. The van der Waals surface area contributed by atoms with Gasteiger partial charge in [-0.15, -0.1) is 0 Å². The van der Waals surface area contributed by atoms with Crippen LogP contribution < -0.4 is 9.13 Å². The van der Waals surface area contributed by atoms with Gasteiger partial charge in [0.2, 0.25) is 10.1 Å². The smallest absolute Gasteiger partial charge is 0.422 e. The summed E-state index contributed by atoms with van der Waals surface area (Å²) in [4.78, 5) is 0. The molecule has 0 unspecified atom stereocenters. The Morgan fingerprint density at radius 1 is 0.509 bits per heavy atom. The highest BCUT2D eigenvalue weighted by Crippen LogP contribution is 2.32. The third-order valence-electron chi connectivity index (χ3n) is 8.72. The van der Waals surface area contributed by atoms with E-state index >= 15 is 0 Å². The molecule has 0 fully saturated rings. The van der Waals surface area contributed by atoms with Crippen molar-refractivity contribution in [3.63, 3.8) is 0 Å². The van der Waals surface area contributed by atoms with Crippen molar-refractivity contribution < 1.29 is 43.7 Å². The summed E-state index contributed by atoms with van der Waals surface area (Å²) in [6.07, 6.45) is -4.65. The molecular formula is C38H50F6N2O2S2Si3+2. The summed E-state index contributed by atoms with van der Waals surface area (Å²) in [6.45, 7) is 13.3. The predicted molar refractivity (Wildman–Crippen MR) is 209 cm³/mol. The molecule has 0 bridgehead atoms. The van der Waals surface area contributed by atoms with Crippen molar-refractivity contribution in [2.24, 2.45) is 14.1 Å². The first-order chi connectivity index (χ1) is 24.5. The number of hydrogen-bond acceptors (Lipinski definition) is 4. The third kappa shape index (κ3) is 14.0. The molecule has 0 aliphatic carbocycles. The lowest BCUT2D eigenvalue weighted by Gasteiger charge is -2.39. The van der Waals surface area contributed by atoms with E-state index in [1.54, 1.807) is 14.1 Å². The summed E-state index contributed by atoms with van der Waals surface area (Å²) in [5, 5.41) is 1.54. The van der Waals surface area contributed by atoms with Crippen molar-refractivity contribution in [2.75, 3.05) is 0 Å². The standard InChI is InChI=1S/C38H50F6N2O2S2Si3/c1-45-25-33(37(39,40)41)17-19-35(45)49-27-31-13-9-29(10-14-31)21-23-51(3,4)47-53(7,8)48-52(5,6)24-22-30-11-15-32(16-12-30)28-50-36-20-18-34(26-46(36)2)38(42,43)44/h9-20,25-26H,21-24,27-28H2,1-8H3/q+2. The molecule has 0 saturated carbocycles. The van der Waals surface area contributed by atoms with E-state index in [-0.39, 0.29) is 0 Å². The zero-order valence-electron chi connectivity index (χ0n) is 31.6. The van der Waals surface area contributed by atoms with Crippen LogP contribution in [0.15, 0.2) is 95.2 Å². The third-order valence-corrected chi connectivity index (χ3v) is 22.4. The Morgan fingerprint density at radius 2 is 0.830 bits per heavy atom. The number of nitrogens with zero attached hydrogens (tertiary/aromatic N) is 2. The Labute approximate surface area is 321 Å². The van der Waals surface area contributed by atoms with Crippen molar-refractivity contribution in [1.29, 1.82) is 0 Å². The lowest BCUT2D eigenvalue weighted by atomic mass is 10.1. The van der Waals surface area contributed by atoms with Crippen LogP contribution in [0.4, 0.5) is 26.3 Å². The molecule has 0 radical (unpaired) electrons. The summed E-state index contributed by atoms with van der Waals surface area (Å²) in [5.41, 5.74) is 3.38. The monoisotopic (exact) mass is 828 g/mol. The van der Waals surface area contributed by atoms with Crippen LogP contribution in [0, 0.1) is 0 Å².